The third-order valence-electron chi connectivity index (χ3n) is 3.03. The van der Waals surface area contributed by atoms with E-state index in [9.17, 15) is 9.90 Å². The van der Waals surface area contributed by atoms with E-state index < -0.39 is 5.91 Å². The Bertz CT molecular complexity index is 838. The minimum absolute atomic E-state index is 0.117. The van der Waals surface area contributed by atoms with E-state index in [1.54, 1.807) is 18.2 Å². The summed E-state index contributed by atoms with van der Waals surface area (Å²) in [6.45, 7) is 1.93. The van der Waals surface area contributed by atoms with Gasteiger partial charge in [0.2, 0.25) is 5.88 Å². The zero-order valence-corrected chi connectivity index (χ0v) is 11.2. The van der Waals surface area contributed by atoms with Crippen molar-refractivity contribution >= 4 is 22.5 Å². The van der Waals surface area contributed by atoms with Crippen LogP contribution in [0.2, 0.25) is 0 Å². The monoisotopic (exact) mass is 280 g/mol. The first kappa shape index (κ1) is 13.0. The maximum atomic E-state index is 11.8. The second kappa shape index (κ2) is 5.16. The number of nitrogens with one attached hydrogen (secondary N) is 1. The molecule has 1 aromatic carbocycles. The van der Waals surface area contributed by atoms with Gasteiger partial charge < -0.3 is 10.1 Å². The number of rotatable bonds is 2. The molecule has 0 aliphatic heterocycles. The molecule has 6 heteroatoms. The smallest absolute Gasteiger partial charge is 0.313 e. The molecule has 0 bridgehead atoms. The Balaban J connectivity index is 1.98. The molecule has 3 aromatic rings. The molecular formula is C15H12N4O2. The highest BCUT2D eigenvalue weighted by molar-refractivity contribution is 5.96. The number of hydrogen-bond donors (Lipinski definition) is 2. The summed E-state index contributed by atoms with van der Waals surface area (Å²) in [5.74, 6) is -0.676. The average Bonchev–Trinajstić information content (AvgIpc) is 2.80. The second-order valence-corrected chi connectivity index (χ2v) is 4.59. The Kier molecular flexibility index (Phi) is 3.19. The zero-order valence-electron chi connectivity index (χ0n) is 11.2. The number of fused-ring (bicyclic) bond motifs is 1. The number of benzene rings is 1. The van der Waals surface area contributed by atoms with Crippen LogP contribution < -0.4 is 0 Å². The van der Waals surface area contributed by atoms with Crippen LogP contribution in [0.15, 0.2) is 52.8 Å². The minimum Gasteiger partial charge on any atom is -0.493 e. The minimum atomic E-state index is -0.558. The standard InChI is InChI=1S/C15H12N4O2/c1-9-5-6-11-10(8-9)13(15(21)17-11)18-19-14(20)12-4-2-3-7-16-12/h2-8,17,21H,1H3. The predicted octanol–water partition coefficient (Wildman–Crippen LogP) is 3.50. The van der Waals surface area contributed by atoms with Gasteiger partial charge in [0, 0.05) is 11.6 Å². The number of amides is 1. The third kappa shape index (κ3) is 2.51. The van der Waals surface area contributed by atoms with E-state index in [-0.39, 0.29) is 17.3 Å². The van der Waals surface area contributed by atoms with Gasteiger partial charge in [0.25, 0.3) is 0 Å². The largest absolute Gasteiger partial charge is 0.493 e. The molecule has 104 valence electrons. The van der Waals surface area contributed by atoms with Crippen LogP contribution in [-0.2, 0) is 0 Å². The first-order valence-electron chi connectivity index (χ1n) is 6.33. The van der Waals surface area contributed by atoms with Crippen molar-refractivity contribution in [3.05, 3.63) is 53.9 Å². The van der Waals surface area contributed by atoms with E-state index in [0.29, 0.717) is 5.39 Å². The average molecular weight is 280 g/mol. The second-order valence-electron chi connectivity index (χ2n) is 4.59. The van der Waals surface area contributed by atoms with Gasteiger partial charge in [-0.3, -0.25) is 9.78 Å². The third-order valence-corrected chi connectivity index (χ3v) is 3.03. The summed E-state index contributed by atoms with van der Waals surface area (Å²) in [7, 11) is 0. The Morgan fingerprint density at radius 1 is 1.29 bits per heavy atom. The molecule has 0 atom stereocenters. The molecule has 0 saturated heterocycles. The van der Waals surface area contributed by atoms with E-state index in [1.165, 1.54) is 6.20 Å². The van der Waals surface area contributed by atoms with Gasteiger partial charge in [-0.05, 0) is 31.2 Å². The van der Waals surface area contributed by atoms with Crippen LogP contribution in [0.5, 0.6) is 5.88 Å². The fourth-order valence-corrected chi connectivity index (χ4v) is 2.01. The molecule has 0 saturated carbocycles. The molecule has 0 aliphatic rings. The quantitative estimate of drug-likeness (QED) is 0.704. The fraction of sp³-hybridized carbons (Fsp3) is 0.0667. The highest BCUT2D eigenvalue weighted by Crippen LogP contribution is 2.35. The molecule has 0 fully saturated rings. The summed E-state index contributed by atoms with van der Waals surface area (Å²) in [6.07, 6.45) is 1.51. The summed E-state index contributed by atoms with van der Waals surface area (Å²) in [6, 6.07) is 10.6. The lowest BCUT2D eigenvalue weighted by atomic mass is 10.2. The molecular weight excluding hydrogens is 268 g/mol. The topological polar surface area (TPSA) is 90.7 Å². The number of hydrogen-bond acceptors (Lipinski definition) is 4. The molecule has 0 spiro atoms. The van der Waals surface area contributed by atoms with E-state index in [0.717, 1.165) is 11.1 Å². The van der Waals surface area contributed by atoms with E-state index in [1.807, 2.05) is 25.1 Å². The number of aromatic amines is 1. The lowest BCUT2D eigenvalue weighted by Gasteiger charge is -1.94. The van der Waals surface area contributed by atoms with E-state index in [2.05, 4.69) is 20.2 Å². The van der Waals surface area contributed by atoms with E-state index >= 15 is 0 Å². The summed E-state index contributed by atoms with van der Waals surface area (Å²) in [5.41, 5.74) is 2.21. The van der Waals surface area contributed by atoms with Crippen LogP contribution in [0.1, 0.15) is 16.1 Å². The molecule has 0 unspecified atom stereocenters. The first-order valence-corrected chi connectivity index (χ1v) is 6.33. The number of aromatic hydroxyl groups is 1. The van der Waals surface area contributed by atoms with Crippen molar-refractivity contribution in [1.29, 1.82) is 0 Å². The Hall–Kier alpha value is -3.02. The van der Waals surface area contributed by atoms with Crippen molar-refractivity contribution in [1.82, 2.24) is 9.97 Å². The number of nitrogens with zero attached hydrogens (tertiary/aromatic N) is 3. The zero-order chi connectivity index (χ0) is 14.8. The maximum absolute atomic E-state index is 11.8. The molecule has 2 N–H and O–H groups in total. The summed E-state index contributed by atoms with van der Waals surface area (Å²) < 4.78 is 0. The maximum Gasteiger partial charge on any atom is 0.313 e. The lowest BCUT2D eigenvalue weighted by molar-refractivity contribution is 0.0990. The molecule has 0 radical (unpaired) electrons. The number of azo groups is 1. The van der Waals surface area contributed by atoms with Crippen LogP contribution in [0.3, 0.4) is 0 Å². The number of carbonyl (C=O) groups is 1. The molecule has 0 aliphatic carbocycles. The molecule has 2 heterocycles. The van der Waals surface area contributed by atoms with Crippen LogP contribution in [0.4, 0.5) is 5.69 Å². The number of pyridine rings is 1. The van der Waals surface area contributed by atoms with Crippen LogP contribution >= 0.6 is 0 Å². The molecule has 2 aromatic heterocycles. The van der Waals surface area contributed by atoms with Crippen molar-refractivity contribution in [2.24, 2.45) is 10.2 Å². The van der Waals surface area contributed by atoms with Crippen molar-refractivity contribution in [3.8, 4) is 5.88 Å². The predicted molar refractivity (Wildman–Crippen MR) is 77.8 cm³/mol. The van der Waals surface area contributed by atoms with Gasteiger partial charge >= 0.3 is 5.91 Å². The van der Waals surface area contributed by atoms with Crippen LogP contribution in [-0.4, -0.2) is 21.0 Å². The fourth-order valence-electron chi connectivity index (χ4n) is 2.01. The Morgan fingerprint density at radius 3 is 2.90 bits per heavy atom. The summed E-state index contributed by atoms with van der Waals surface area (Å²) in [5, 5.41) is 18.1. The first-order chi connectivity index (χ1) is 10.1. The van der Waals surface area contributed by atoms with Crippen molar-refractivity contribution in [2.45, 2.75) is 6.92 Å². The van der Waals surface area contributed by atoms with Crippen molar-refractivity contribution in [3.63, 3.8) is 0 Å². The van der Waals surface area contributed by atoms with Gasteiger partial charge in [-0.25, -0.2) is 0 Å². The molecule has 1 amide bonds. The normalized spacial score (nSPS) is 11.3. The summed E-state index contributed by atoms with van der Waals surface area (Å²) in [4.78, 5) is 18.5. The summed E-state index contributed by atoms with van der Waals surface area (Å²) >= 11 is 0. The number of aromatic nitrogens is 2. The SMILES string of the molecule is Cc1ccc2[nH]c(O)c(N=NC(=O)c3ccccn3)c2c1. The van der Waals surface area contributed by atoms with E-state index in [4.69, 9.17) is 0 Å². The number of H-pyrrole nitrogens is 1. The van der Waals surface area contributed by atoms with Crippen molar-refractivity contribution in [2.75, 3.05) is 0 Å². The van der Waals surface area contributed by atoms with Gasteiger partial charge in [0.1, 0.15) is 5.69 Å². The van der Waals surface area contributed by atoms with Crippen LogP contribution in [0, 0.1) is 6.92 Å². The number of aryl methyl sites for hydroxylation is 1. The van der Waals surface area contributed by atoms with Gasteiger partial charge in [-0.15, -0.1) is 10.2 Å². The van der Waals surface area contributed by atoms with Gasteiger partial charge in [-0.2, -0.15) is 0 Å². The number of carbonyl (C=O) groups excluding carboxylic acids is 1. The van der Waals surface area contributed by atoms with Crippen molar-refractivity contribution < 1.29 is 9.90 Å². The van der Waals surface area contributed by atoms with Gasteiger partial charge in [0.15, 0.2) is 5.69 Å². The highest BCUT2D eigenvalue weighted by atomic mass is 16.3. The Labute approximate surface area is 120 Å². The Morgan fingerprint density at radius 2 is 2.14 bits per heavy atom. The molecule has 3 rings (SSSR count). The van der Waals surface area contributed by atoms with Gasteiger partial charge in [-0.1, -0.05) is 17.7 Å². The van der Waals surface area contributed by atoms with Gasteiger partial charge in [0.05, 0.1) is 5.52 Å². The molecule has 6 nitrogen and oxygen atoms in total. The highest BCUT2D eigenvalue weighted by Gasteiger charge is 2.11. The molecule has 21 heavy (non-hydrogen) atoms. The van der Waals surface area contributed by atoms with Crippen LogP contribution in [0.25, 0.3) is 10.9 Å². The lowest BCUT2D eigenvalue weighted by Crippen LogP contribution is -1.96.